The van der Waals surface area contributed by atoms with Crippen molar-refractivity contribution in [3.63, 3.8) is 0 Å². The van der Waals surface area contributed by atoms with Gasteiger partial charge in [-0.1, -0.05) is 35.4 Å². The smallest absolute Gasteiger partial charge is 0.410 e. The van der Waals surface area contributed by atoms with Gasteiger partial charge in [0.1, 0.15) is 10.5 Å². The molecule has 1 N–H and O–H groups in total. The van der Waals surface area contributed by atoms with Crippen molar-refractivity contribution in [3.05, 3.63) is 83.4 Å². The molecule has 13 heteroatoms. The molecule has 2 heterocycles. The van der Waals surface area contributed by atoms with Crippen LogP contribution in [-0.4, -0.2) is 80.5 Å². The van der Waals surface area contributed by atoms with Crippen LogP contribution in [0.1, 0.15) is 63.2 Å². The second-order valence-electron chi connectivity index (χ2n) is 13.3. The summed E-state index contributed by atoms with van der Waals surface area (Å²) in [7, 11) is -4.20. The number of allylic oxidation sites excluding steroid dienone is 1. The van der Waals surface area contributed by atoms with Gasteiger partial charge in [-0.3, -0.25) is 13.9 Å². The maximum absolute atomic E-state index is 14.0. The summed E-state index contributed by atoms with van der Waals surface area (Å²) in [6, 6.07) is 10.1. The van der Waals surface area contributed by atoms with Crippen molar-refractivity contribution >= 4 is 56.8 Å². The molecule has 0 aromatic heterocycles. The summed E-state index contributed by atoms with van der Waals surface area (Å²) in [6.07, 6.45) is 5.57. The molecule has 0 saturated carbocycles. The Labute approximate surface area is 293 Å². The fraction of sp³-hybridized carbons (Fsp3) is 0.457. The first-order valence-electron chi connectivity index (χ1n) is 16.0. The van der Waals surface area contributed by atoms with Crippen molar-refractivity contribution < 1.29 is 27.5 Å². The van der Waals surface area contributed by atoms with Gasteiger partial charge in [-0.2, -0.15) is 0 Å². The molecule has 0 bridgehead atoms. The average Bonchev–Trinajstić information content (AvgIpc) is 3.37. The SMILES string of the molecule is C=CCN(c1ccc(Cl)cc1)S(=O)(=O)c1cc(C(=O)NC2CCN(C(=O)C3(CC=C)CCCN(C(=O)OC(C)(C)C)CC3)C2)ccc1Cl. The molecule has 0 radical (unpaired) electrons. The van der Waals surface area contributed by atoms with E-state index in [1.807, 2.05) is 20.8 Å². The van der Waals surface area contributed by atoms with Crippen LogP contribution in [0.4, 0.5) is 10.5 Å². The van der Waals surface area contributed by atoms with Gasteiger partial charge in [-0.05, 0) is 95.3 Å². The number of carbonyl (C=O) groups is 3. The predicted molar refractivity (Wildman–Crippen MR) is 189 cm³/mol. The molecule has 0 spiro atoms. The number of rotatable bonds is 10. The highest BCUT2D eigenvalue weighted by Crippen LogP contribution is 2.39. The highest BCUT2D eigenvalue weighted by Gasteiger charge is 2.44. The van der Waals surface area contributed by atoms with Crippen LogP contribution >= 0.6 is 23.2 Å². The highest BCUT2D eigenvalue weighted by atomic mass is 35.5. The topological polar surface area (TPSA) is 116 Å². The highest BCUT2D eigenvalue weighted by molar-refractivity contribution is 7.93. The molecule has 4 rings (SSSR count). The van der Waals surface area contributed by atoms with Gasteiger partial charge in [0.05, 0.1) is 22.7 Å². The second-order valence-corrected chi connectivity index (χ2v) is 15.9. The Morgan fingerprint density at radius 2 is 1.73 bits per heavy atom. The van der Waals surface area contributed by atoms with Crippen LogP contribution in [0.15, 0.2) is 72.7 Å². The number of hydrogen-bond donors (Lipinski definition) is 1. The summed E-state index contributed by atoms with van der Waals surface area (Å²) in [5, 5.41) is 3.39. The number of sulfonamides is 1. The zero-order valence-electron chi connectivity index (χ0n) is 27.7. The van der Waals surface area contributed by atoms with Gasteiger partial charge in [0.15, 0.2) is 0 Å². The Balaban J connectivity index is 1.46. The quantitative estimate of drug-likeness (QED) is 0.274. The number of benzene rings is 2. The van der Waals surface area contributed by atoms with Crippen LogP contribution in [0.2, 0.25) is 10.0 Å². The standard InChI is InChI=1S/C35H44Cl2N4O6S/c1-6-16-35(17-8-20-39(22-18-35)33(44)47-34(3,4)5)32(43)40-21-15-27(24-40)38-31(42)25-9-14-29(37)30(23-25)48(45,46)41(19-7-2)28-12-10-26(36)11-13-28/h6-7,9-14,23,27H,1-2,8,15-22,24H2,3-5H3,(H,38,42). The summed E-state index contributed by atoms with van der Waals surface area (Å²) in [6.45, 7) is 14.7. The van der Waals surface area contributed by atoms with Crippen molar-refractivity contribution in [2.24, 2.45) is 5.41 Å². The lowest BCUT2D eigenvalue weighted by Crippen LogP contribution is -2.45. The minimum absolute atomic E-state index is 0.0189. The van der Waals surface area contributed by atoms with Gasteiger partial charge in [0, 0.05) is 42.8 Å². The van der Waals surface area contributed by atoms with Crippen LogP contribution in [0.5, 0.6) is 0 Å². The molecule has 2 atom stereocenters. The molecular weight excluding hydrogens is 675 g/mol. The number of halogens is 2. The Bertz CT molecular complexity index is 1640. The van der Waals surface area contributed by atoms with E-state index in [4.69, 9.17) is 27.9 Å². The van der Waals surface area contributed by atoms with Gasteiger partial charge in [0.2, 0.25) is 5.91 Å². The molecule has 2 aromatic rings. The zero-order valence-corrected chi connectivity index (χ0v) is 30.0. The fourth-order valence-electron chi connectivity index (χ4n) is 6.18. The third kappa shape index (κ3) is 8.73. The van der Waals surface area contributed by atoms with Crippen molar-refractivity contribution in [1.82, 2.24) is 15.1 Å². The minimum atomic E-state index is -4.20. The molecular formula is C35H44Cl2N4O6S. The van der Waals surface area contributed by atoms with E-state index in [9.17, 15) is 22.8 Å². The van der Waals surface area contributed by atoms with Gasteiger partial charge < -0.3 is 19.9 Å². The predicted octanol–water partition coefficient (Wildman–Crippen LogP) is 6.69. The number of amides is 3. The molecule has 2 saturated heterocycles. The molecule has 260 valence electrons. The first-order chi connectivity index (χ1) is 22.6. The van der Waals surface area contributed by atoms with Crippen molar-refractivity contribution in [3.8, 4) is 0 Å². The summed E-state index contributed by atoms with van der Waals surface area (Å²) in [5.74, 6) is -0.498. The molecule has 10 nitrogen and oxygen atoms in total. The number of ether oxygens (including phenoxy) is 1. The number of hydrogen-bond acceptors (Lipinski definition) is 6. The first-order valence-corrected chi connectivity index (χ1v) is 18.2. The second kappa shape index (κ2) is 15.3. The largest absolute Gasteiger partial charge is 0.444 e. The number of nitrogens with one attached hydrogen (secondary N) is 1. The number of anilines is 1. The molecule has 2 fully saturated rings. The van der Waals surface area contributed by atoms with Crippen LogP contribution in [0.3, 0.4) is 0 Å². The van der Waals surface area contributed by atoms with E-state index >= 15 is 0 Å². The Morgan fingerprint density at radius 3 is 2.38 bits per heavy atom. The lowest BCUT2D eigenvalue weighted by atomic mass is 9.76. The Morgan fingerprint density at radius 1 is 1.02 bits per heavy atom. The minimum Gasteiger partial charge on any atom is -0.444 e. The van der Waals surface area contributed by atoms with E-state index in [2.05, 4.69) is 18.5 Å². The van der Waals surface area contributed by atoms with E-state index in [0.29, 0.717) is 69.0 Å². The summed E-state index contributed by atoms with van der Waals surface area (Å²) >= 11 is 12.4. The third-order valence-corrected chi connectivity index (χ3v) is 11.1. The monoisotopic (exact) mass is 718 g/mol. The van der Waals surface area contributed by atoms with E-state index in [0.717, 1.165) is 4.31 Å². The molecule has 48 heavy (non-hydrogen) atoms. The van der Waals surface area contributed by atoms with Crippen LogP contribution < -0.4 is 9.62 Å². The molecule has 0 aliphatic carbocycles. The third-order valence-electron chi connectivity index (χ3n) is 8.57. The lowest BCUT2D eigenvalue weighted by molar-refractivity contribution is -0.141. The maximum Gasteiger partial charge on any atom is 0.410 e. The number of nitrogens with zero attached hydrogens (tertiary/aromatic N) is 3. The fourth-order valence-corrected chi connectivity index (χ4v) is 8.24. The van der Waals surface area contributed by atoms with Gasteiger partial charge in [-0.25, -0.2) is 13.2 Å². The van der Waals surface area contributed by atoms with Crippen molar-refractivity contribution in [2.75, 3.05) is 37.0 Å². The van der Waals surface area contributed by atoms with Gasteiger partial charge >= 0.3 is 6.09 Å². The zero-order chi connectivity index (χ0) is 35.3. The number of carbonyl (C=O) groups excluding carboxylic acids is 3. The Kier molecular flexibility index (Phi) is 11.9. The molecule has 3 amide bonds. The van der Waals surface area contributed by atoms with E-state index in [-0.39, 0.29) is 40.1 Å². The normalized spacial score (nSPS) is 20.1. The van der Waals surface area contributed by atoms with Crippen molar-refractivity contribution in [1.29, 1.82) is 0 Å². The maximum atomic E-state index is 14.0. The van der Waals surface area contributed by atoms with Crippen LogP contribution in [0, 0.1) is 5.41 Å². The summed E-state index contributed by atoms with van der Waals surface area (Å²) in [4.78, 5) is 43.4. The van der Waals surface area contributed by atoms with Gasteiger partial charge in [-0.15, -0.1) is 13.2 Å². The summed E-state index contributed by atoms with van der Waals surface area (Å²) < 4.78 is 34.3. The summed E-state index contributed by atoms with van der Waals surface area (Å²) in [5.41, 5.74) is -0.844. The van der Waals surface area contributed by atoms with E-state index < -0.39 is 26.9 Å². The molecule has 2 aliphatic heterocycles. The van der Waals surface area contributed by atoms with Crippen molar-refractivity contribution in [2.45, 2.75) is 69.4 Å². The molecule has 2 aromatic carbocycles. The molecule has 2 aliphatic rings. The van der Waals surface area contributed by atoms with E-state index in [1.54, 1.807) is 40.1 Å². The first kappa shape index (κ1) is 37.3. The van der Waals surface area contributed by atoms with Crippen LogP contribution in [0.25, 0.3) is 0 Å². The van der Waals surface area contributed by atoms with Crippen LogP contribution in [-0.2, 0) is 19.6 Å². The molecule has 2 unspecified atom stereocenters. The average molecular weight is 720 g/mol. The van der Waals surface area contributed by atoms with Gasteiger partial charge in [0.25, 0.3) is 15.9 Å². The van der Waals surface area contributed by atoms with E-state index in [1.165, 1.54) is 24.3 Å². The lowest BCUT2D eigenvalue weighted by Gasteiger charge is -2.34. The number of likely N-dealkylation sites (tertiary alicyclic amines) is 2. The Hall–Kier alpha value is -3.54.